The molecule has 0 saturated carbocycles. The number of aryl methyl sites for hydroxylation is 1. The second-order valence-electron chi connectivity index (χ2n) is 5.68. The lowest BCUT2D eigenvalue weighted by atomic mass is 10.1. The summed E-state index contributed by atoms with van der Waals surface area (Å²) in [7, 11) is 0. The topological polar surface area (TPSA) is 58.2 Å². The lowest BCUT2D eigenvalue weighted by Gasteiger charge is -2.12. The van der Waals surface area contributed by atoms with Crippen LogP contribution in [0.1, 0.15) is 16.7 Å². The average molecular weight is 385 g/mol. The molecule has 2 aromatic rings. The number of anilines is 1. The highest BCUT2D eigenvalue weighted by Crippen LogP contribution is 2.36. The van der Waals surface area contributed by atoms with Crippen molar-refractivity contribution in [3.63, 3.8) is 0 Å². The van der Waals surface area contributed by atoms with E-state index in [1.807, 2.05) is 25.1 Å². The van der Waals surface area contributed by atoms with E-state index in [1.165, 1.54) is 6.07 Å². The van der Waals surface area contributed by atoms with Gasteiger partial charge in [-0.25, -0.2) is 0 Å². The fourth-order valence-electron chi connectivity index (χ4n) is 2.27. The predicted molar refractivity (Wildman–Crippen MR) is 93.0 cm³/mol. The van der Waals surface area contributed by atoms with Crippen LogP contribution in [0, 0.1) is 6.92 Å². The Morgan fingerprint density at radius 3 is 2.46 bits per heavy atom. The molecule has 0 bridgehead atoms. The van der Waals surface area contributed by atoms with Crippen LogP contribution in [0.2, 0.25) is 5.02 Å². The average Bonchev–Trinajstić information content (AvgIpc) is 2.54. The number of alkyl halides is 3. The van der Waals surface area contributed by atoms with E-state index in [2.05, 4.69) is 10.6 Å². The summed E-state index contributed by atoms with van der Waals surface area (Å²) in [5, 5.41) is 4.27. The van der Waals surface area contributed by atoms with Crippen molar-refractivity contribution in [1.82, 2.24) is 5.32 Å². The zero-order valence-corrected chi connectivity index (χ0v) is 14.5. The highest BCUT2D eigenvalue weighted by molar-refractivity contribution is 6.31. The van der Waals surface area contributed by atoms with Crippen LogP contribution in [0.5, 0.6) is 0 Å². The first-order valence-corrected chi connectivity index (χ1v) is 8.02. The van der Waals surface area contributed by atoms with Crippen LogP contribution in [0.25, 0.3) is 0 Å². The predicted octanol–water partition coefficient (Wildman–Crippen LogP) is 3.96. The van der Waals surface area contributed by atoms with Crippen LogP contribution >= 0.6 is 11.6 Å². The molecule has 0 saturated heterocycles. The summed E-state index contributed by atoms with van der Waals surface area (Å²) < 4.78 is 38.4. The second kappa shape index (κ2) is 8.23. The van der Waals surface area contributed by atoms with E-state index in [9.17, 15) is 22.8 Å². The molecule has 26 heavy (non-hydrogen) atoms. The van der Waals surface area contributed by atoms with Crippen molar-refractivity contribution < 1.29 is 22.8 Å². The van der Waals surface area contributed by atoms with Gasteiger partial charge < -0.3 is 10.6 Å². The Morgan fingerprint density at radius 1 is 1.08 bits per heavy atom. The third kappa shape index (κ3) is 5.77. The minimum Gasteiger partial charge on any atom is -0.347 e. The first kappa shape index (κ1) is 19.8. The molecule has 0 spiro atoms. The van der Waals surface area contributed by atoms with Crippen molar-refractivity contribution >= 4 is 29.1 Å². The number of rotatable bonds is 5. The number of hydrogen-bond acceptors (Lipinski definition) is 2. The quantitative estimate of drug-likeness (QED) is 0.819. The maximum Gasteiger partial charge on any atom is 0.417 e. The van der Waals surface area contributed by atoms with Gasteiger partial charge >= 0.3 is 6.18 Å². The molecule has 0 fully saturated rings. The molecule has 0 aliphatic carbocycles. The minimum atomic E-state index is -4.63. The summed E-state index contributed by atoms with van der Waals surface area (Å²) in [6.45, 7) is 1.55. The molecule has 0 aliphatic heterocycles. The monoisotopic (exact) mass is 384 g/mol. The van der Waals surface area contributed by atoms with Gasteiger partial charge in [0, 0.05) is 5.69 Å². The summed E-state index contributed by atoms with van der Waals surface area (Å²) >= 11 is 5.52. The number of carbonyl (C=O) groups is 2. The molecule has 8 heteroatoms. The SMILES string of the molecule is Cc1cccc(CC(=O)NCC(=O)Nc2ccc(Cl)c(C(F)(F)F)c2)c1. The zero-order valence-electron chi connectivity index (χ0n) is 13.8. The third-order valence-electron chi connectivity index (χ3n) is 3.45. The van der Waals surface area contributed by atoms with Crippen molar-refractivity contribution in [3.05, 3.63) is 64.2 Å². The minimum absolute atomic E-state index is 0.0559. The number of nitrogens with one attached hydrogen (secondary N) is 2. The molecule has 2 rings (SSSR count). The van der Waals surface area contributed by atoms with Crippen LogP contribution in [0.3, 0.4) is 0 Å². The lowest BCUT2D eigenvalue weighted by Crippen LogP contribution is -2.33. The van der Waals surface area contributed by atoms with Crippen LogP contribution in [0.15, 0.2) is 42.5 Å². The van der Waals surface area contributed by atoms with Gasteiger partial charge in [-0.15, -0.1) is 0 Å². The van der Waals surface area contributed by atoms with E-state index in [1.54, 1.807) is 6.07 Å². The van der Waals surface area contributed by atoms with E-state index in [0.717, 1.165) is 23.3 Å². The summed E-state index contributed by atoms with van der Waals surface area (Å²) in [5.74, 6) is -1.00. The van der Waals surface area contributed by atoms with Gasteiger partial charge in [0.25, 0.3) is 0 Å². The largest absolute Gasteiger partial charge is 0.417 e. The summed E-state index contributed by atoms with van der Waals surface area (Å²) in [4.78, 5) is 23.7. The fraction of sp³-hybridized carbons (Fsp3) is 0.222. The van der Waals surface area contributed by atoms with Crippen LogP contribution in [-0.2, 0) is 22.2 Å². The lowest BCUT2D eigenvalue weighted by molar-refractivity contribution is -0.137. The molecule has 2 amide bonds. The Labute approximate surface area is 153 Å². The standard InChI is InChI=1S/C18H16ClF3N2O2/c1-11-3-2-4-12(7-11)8-16(25)23-10-17(26)24-13-5-6-15(19)14(9-13)18(20,21)22/h2-7,9H,8,10H2,1H3,(H,23,25)(H,24,26). The number of halogens is 4. The Hall–Kier alpha value is -2.54. The van der Waals surface area contributed by atoms with Gasteiger partial charge in [0.1, 0.15) is 0 Å². The van der Waals surface area contributed by atoms with Gasteiger partial charge in [0.15, 0.2) is 0 Å². The Kier molecular flexibility index (Phi) is 6.26. The van der Waals surface area contributed by atoms with Gasteiger partial charge in [-0.05, 0) is 30.7 Å². The normalized spacial score (nSPS) is 11.1. The molecular weight excluding hydrogens is 369 g/mol. The van der Waals surface area contributed by atoms with Crippen LogP contribution in [0.4, 0.5) is 18.9 Å². The van der Waals surface area contributed by atoms with E-state index >= 15 is 0 Å². The van der Waals surface area contributed by atoms with Crippen molar-refractivity contribution in [2.75, 3.05) is 11.9 Å². The fourth-order valence-corrected chi connectivity index (χ4v) is 2.50. The van der Waals surface area contributed by atoms with E-state index in [-0.39, 0.29) is 24.6 Å². The zero-order chi connectivity index (χ0) is 19.3. The third-order valence-corrected chi connectivity index (χ3v) is 3.78. The molecule has 2 aromatic carbocycles. The molecule has 0 atom stereocenters. The van der Waals surface area contributed by atoms with E-state index in [0.29, 0.717) is 0 Å². The molecule has 0 aromatic heterocycles. The summed E-state index contributed by atoms with van der Waals surface area (Å²) in [6.07, 6.45) is -4.52. The maximum absolute atomic E-state index is 12.8. The van der Waals surface area contributed by atoms with Gasteiger partial charge in [0.05, 0.1) is 23.6 Å². The Balaban J connectivity index is 1.90. The Morgan fingerprint density at radius 2 is 1.81 bits per heavy atom. The van der Waals surface area contributed by atoms with Gasteiger partial charge in [-0.2, -0.15) is 13.2 Å². The molecule has 0 aliphatic rings. The van der Waals surface area contributed by atoms with E-state index in [4.69, 9.17) is 11.6 Å². The highest BCUT2D eigenvalue weighted by Gasteiger charge is 2.33. The van der Waals surface area contributed by atoms with Gasteiger partial charge in [0.2, 0.25) is 11.8 Å². The first-order valence-electron chi connectivity index (χ1n) is 7.64. The van der Waals surface area contributed by atoms with Crippen molar-refractivity contribution in [2.24, 2.45) is 0 Å². The second-order valence-corrected chi connectivity index (χ2v) is 6.09. The summed E-state index contributed by atoms with van der Waals surface area (Å²) in [5.41, 5.74) is 0.715. The number of amides is 2. The number of carbonyl (C=O) groups excluding carboxylic acids is 2. The molecular formula is C18H16ClF3N2O2. The van der Waals surface area contributed by atoms with E-state index < -0.39 is 22.7 Å². The maximum atomic E-state index is 12.8. The molecule has 0 unspecified atom stereocenters. The van der Waals surface area contributed by atoms with Crippen LogP contribution < -0.4 is 10.6 Å². The summed E-state index contributed by atoms with van der Waals surface area (Å²) in [6, 6.07) is 10.4. The van der Waals surface area contributed by atoms with Crippen LogP contribution in [-0.4, -0.2) is 18.4 Å². The molecule has 138 valence electrons. The van der Waals surface area contributed by atoms with Gasteiger partial charge in [-0.1, -0.05) is 41.4 Å². The molecule has 0 heterocycles. The molecule has 2 N–H and O–H groups in total. The number of hydrogen-bond donors (Lipinski definition) is 2. The van der Waals surface area contributed by atoms with Gasteiger partial charge in [-0.3, -0.25) is 9.59 Å². The Bertz CT molecular complexity index is 822. The van der Waals surface area contributed by atoms with Crippen molar-refractivity contribution in [3.8, 4) is 0 Å². The molecule has 0 radical (unpaired) electrons. The highest BCUT2D eigenvalue weighted by atomic mass is 35.5. The van der Waals surface area contributed by atoms with Crippen molar-refractivity contribution in [2.45, 2.75) is 19.5 Å². The number of benzene rings is 2. The van der Waals surface area contributed by atoms with Crippen molar-refractivity contribution in [1.29, 1.82) is 0 Å². The molecule has 4 nitrogen and oxygen atoms in total. The first-order chi connectivity index (χ1) is 12.1. The smallest absolute Gasteiger partial charge is 0.347 e.